The molecule has 0 atom stereocenters. The van der Waals surface area contributed by atoms with Crippen molar-refractivity contribution in [3.8, 4) is 0 Å². The van der Waals surface area contributed by atoms with E-state index in [1.54, 1.807) is 17.1 Å². The molecule has 8 nitrogen and oxygen atoms in total. The van der Waals surface area contributed by atoms with Gasteiger partial charge < -0.3 is 18.6 Å². The molecule has 0 aromatic carbocycles. The maximum absolute atomic E-state index is 10.6. The van der Waals surface area contributed by atoms with Gasteiger partial charge in [-0.15, -0.1) is 6.20 Å². The molecule has 0 aliphatic rings. The van der Waals surface area contributed by atoms with Gasteiger partial charge in [0.2, 0.25) is 5.89 Å². The number of oxazole rings is 2. The quantitative estimate of drug-likeness (QED) is 0.521. The molecule has 3 aromatic heterocycles. The summed E-state index contributed by atoms with van der Waals surface area (Å²) in [5.74, 6) is -0.789. The molecule has 0 spiro atoms. The van der Waals surface area contributed by atoms with Gasteiger partial charge in [-0.25, -0.2) is 9.97 Å². The van der Waals surface area contributed by atoms with Crippen molar-refractivity contribution in [2.24, 2.45) is 0 Å². The minimum atomic E-state index is -0.976. The Kier molecular flexibility index (Phi) is 5.27. The average Bonchev–Trinajstić information content (AvgIpc) is 3.14. The van der Waals surface area contributed by atoms with E-state index < -0.39 is 5.97 Å². The molecule has 0 amide bonds. The van der Waals surface area contributed by atoms with Gasteiger partial charge in [0.25, 0.3) is 0 Å². The zero-order valence-electron chi connectivity index (χ0n) is 11.2. The number of carboxylic acids is 1. The van der Waals surface area contributed by atoms with Crippen LogP contribution in [0.15, 0.2) is 34.0 Å². The average molecular weight is 482 g/mol. The number of aromatic nitrogens is 4. The van der Waals surface area contributed by atoms with Crippen LogP contribution in [0.4, 0.5) is 0 Å². The molecule has 0 aliphatic heterocycles. The monoisotopic (exact) mass is 482 g/mol. The van der Waals surface area contributed by atoms with Crippen LogP contribution < -0.4 is 0 Å². The zero-order valence-corrected chi connectivity index (χ0v) is 13.5. The number of carboxylic acid groups (broad SMARTS) is 1. The Hall–Kier alpha value is -2.21. The van der Waals surface area contributed by atoms with Crippen LogP contribution in [0.3, 0.4) is 0 Å². The molecule has 1 N–H and O–H groups in total. The van der Waals surface area contributed by atoms with E-state index in [0.29, 0.717) is 18.7 Å². The third-order valence-corrected chi connectivity index (χ3v) is 2.69. The van der Waals surface area contributed by atoms with Gasteiger partial charge in [-0.05, 0) is 6.42 Å². The smallest absolute Gasteiger partial charge is 0.312 e. The molecular weight excluding hydrogens is 471 g/mol. The van der Waals surface area contributed by atoms with E-state index in [1.807, 2.05) is 0 Å². The first-order chi connectivity index (χ1) is 10.2. The van der Waals surface area contributed by atoms with Crippen LogP contribution in [0.1, 0.15) is 22.8 Å². The van der Waals surface area contributed by atoms with Crippen molar-refractivity contribution in [2.45, 2.75) is 19.4 Å². The second-order valence-electron chi connectivity index (χ2n) is 4.40. The Morgan fingerprint density at radius 2 is 2.23 bits per heavy atom. The molecule has 0 saturated carbocycles. The van der Waals surface area contributed by atoms with Crippen molar-refractivity contribution in [2.75, 3.05) is 0 Å². The molecular formula is C13H11N4O4Pt-. The summed E-state index contributed by atoms with van der Waals surface area (Å²) in [5, 5.41) is 12.8. The van der Waals surface area contributed by atoms with Crippen molar-refractivity contribution in [1.29, 1.82) is 0 Å². The van der Waals surface area contributed by atoms with Gasteiger partial charge in [0.05, 0.1) is 17.9 Å². The van der Waals surface area contributed by atoms with E-state index in [-0.39, 0.29) is 33.4 Å². The molecule has 22 heavy (non-hydrogen) atoms. The first-order valence-electron chi connectivity index (χ1n) is 6.15. The summed E-state index contributed by atoms with van der Waals surface area (Å²) in [6.07, 6.45) is 9.35. The van der Waals surface area contributed by atoms with Gasteiger partial charge >= 0.3 is 5.97 Å². The second kappa shape index (κ2) is 7.17. The molecule has 0 aliphatic carbocycles. The molecule has 9 heteroatoms. The Labute approximate surface area is 139 Å². The van der Waals surface area contributed by atoms with Gasteiger partial charge in [-0.3, -0.25) is 9.89 Å². The van der Waals surface area contributed by atoms with Crippen molar-refractivity contribution in [1.82, 2.24) is 19.7 Å². The standard InChI is InChI=1S/C13H11N4O4.Pt/c18-13(19)2-12-16-10(7-21-12)1-9-3-15-17(4-9)5-11-6-20-8-14-11;/h3,6-8H,1-2,5H2,(H,18,19);/q-1;. The number of hydrogen-bond donors (Lipinski definition) is 1. The van der Waals surface area contributed by atoms with Gasteiger partial charge in [0.1, 0.15) is 18.9 Å². The van der Waals surface area contributed by atoms with Crippen molar-refractivity contribution < 1.29 is 39.8 Å². The maximum Gasteiger partial charge on any atom is 0.312 e. The van der Waals surface area contributed by atoms with E-state index in [2.05, 4.69) is 21.3 Å². The maximum atomic E-state index is 10.6. The molecule has 0 unspecified atom stereocenters. The van der Waals surface area contributed by atoms with Crippen molar-refractivity contribution in [3.05, 3.63) is 54.2 Å². The number of hydrogen-bond acceptors (Lipinski definition) is 6. The Balaban J connectivity index is 0.00000176. The molecule has 118 valence electrons. The van der Waals surface area contributed by atoms with Crippen LogP contribution in [0.25, 0.3) is 0 Å². The Bertz CT molecular complexity index is 735. The molecule has 0 fully saturated rings. The largest absolute Gasteiger partial charge is 0.481 e. The van der Waals surface area contributed by atoms with E-state index >= 15 is 0 Å². The fourth-order valence-electron chi connectivity index (χ4n) is 1.83. The van der Waals surface area contributed by atoms with Gasteiger partial charge in [-0.1, -0.05) is 6.20 Å². The van der Waals surface area contributed by atoms with Crippen molar-refractivity contribution in [3.63, 3.8) is 0 Å². The molecule has 3 rings (SSSR count). The summed E-state index contributed by atoms with van der Waals surface area (Å²) >= 11 is 0. The predicted molar refractivity (Wildman–Crippen MR) is 67.3 cm³/mol. The fourth-order valence-corrected chi connectivity index (χ4v) is 1.83. The third kappa shape index (κ3) is 4.14. The second-order valence-corrected chi connectivity index (χ2v) is 4.40. The number of aliphatic carboxylic acids is 1. The number of rotatable bonds is 6. The van der Waals surface area contributed by atoms with Crippen LogP contribution >= 0.6 is 0 Å². The minimum Gasteiger partial charge on any atom is -0.481 e. The summed E-state index contributed by atoms with van der Waals surface area (Å²) in [5.41, 5.74) is 2.23. The summed E-state index contributed by atoms with van der Waals surface area (Å²) in [4.78, 5) is 18.7. The Morgan fingerprint density at radius 3 is 2.95 bits per heavy atom. The Morgan fingerprint density at radius 1 is 1.36 bits per heavy atom. The van der Waals surface area contributed by atoms with Gasteiger partial charge in [0.15, 0.2) is 6.39 Å². The van der Waals surface area contributed by atoms with Crippen molar-refractivity contribution >= 4 is 5.97 Å². The van der Waals surface area contributed by atoms with Gasteiger partial charge in [0, 0.05) is 21.1 Å². The zero-order chi connectivity index (χ0) is 14.7. The summed E-state index contributed by atoms with van der Waals surface area (Å²) in [6.45, 7) is 0.472. The first-order valence-corrected chi connectivity index (χ1v) is 6.15. The van der Waals surface area contributed by atoms with Crippen LogP contribution in [-0.2, 0) is 45.2 Å². The van der Waals surface area contributed by atoms with E-state index in [0.717, 1.165) is 11.3 Å². The summed E-state index contributed by atoms with van der Waals surface area (Å²) < 4.78 is 11.6. The first kappa shape index (κ1) is 16.2. The predicted octanol–water partition coefficient (Wildman–Crippen LogP) is 0.923. The summed E-state index contributed by atoms with van der Waals surface area (Å²) in [6, 6.07) is 0. The SMILES string of the molecule is O=C(O)Cc1nc(Cc2[c-]n(Cc3cocn3)nc2)co1.[Pt]. The fraction of sp³-hybridized carbons (Fsp3) is 0.231. The van der Waals surface area contributed by atoms with E-state index in [1.165, 1.54) is 12.7 Å². The normalized spacial score (nSPS) is 10.4. The van der Waals surface area contributed by atoms with Crippen LogP contribution in [0.5, 0.6) is 0 Å². The van der Waals surface area contributed by atoms with Crippen LogP contribution in [0, 0.1) is 6.20 Å². The molecule has 3 heterocycles. The van der Waals surface area contributed by atoms with E-state index in [4.69, 9.17) is 13.9 Å². The van der Waals surface area contributed by atoms with Crippen LogP contribution in [-0.4, -0.2) is 30.8 Å². The molecule has 3 aromatic rings. The van der Waals surface area contributed by atoms with E-state index in [9.17, 15) is 4.79 Å². The number of carbonyl (C=O) groups is 1. The van der Waals surface area contributed by atoms with Gasteiger partial charge in [-0.2, -0.15) is 5.56 Å². The van der Waals surface area contributed by atoms with Crippen LogP contribution in [0.2, 0.25) is 0 Å². The minimum absolute atomic E-state index is 0. The molecule has 0 saturated heterocycles. The molecule has 0 bridgehead atoms. The third-order valence-electron chi connectivity index (χ3n) is 2.69. The number of nitrogens with zero attached hydrogens (tertiary/aromatic N) is 4. The topological polar surface area (TPSA) is 107 Å². The molecule has 0 radical (unpaired) electrons. The summed E-state index contributed by atoms with van der Waals surface area (Å²) in [7, 11) is 0.